The number of amidine groups is 1. The van der Waals surface area contributed by atoms with Gasteiger partial charge in [0.25, 0.3) is 0 Å². The van der Waals surface area contributed by atoms with E-state index in [0.29, 0.717) is 12.8 Å². The lowest BCUT2D eigenvalue weighted by Crippen LogP contribution is -2.55. The molecule has 18 heavy (non-hydrogen) atoms. The van der Waals surface area contributed by atoms with Gasteiger partial charge in [-0.15, -0.1) is 0 Å². The molecule has 2 amide bonds. The Morgan fingerprint density at radius 3 is 2.22 bits per heavy atom. The van der Waals surface area contributed by atoms with E-state index in [9.17, 15) is 9.59 Å². The van der Waals surface area contributed by atoms with E-state index in [0.717, 1.165) is 6.42 Å². The highest BCUT2D eigenvalue weighted by molar-refractivity contribution is 6.08. The normalized spacial score (nSPS) is 17.8. The molecular formula is C11H20N4O3. The lowest BCUT2D eigenvalue weighted by Gasteiger charge is -2.41. The summed E-state index contributed by atoms with van der Waals surface area (Å²) in [5, 5.41) is 11.7. The molecule has 7 nitrogen and oxygen atoms in total. The molecule has 0 aromatic heterocycles. The van der Waals surface area contributed by atoms with Crippen molar-refractivity contribution in [2.45, 2.75) is 19.3 Å². The summed E-state index contributed by atoms with van der Waals surface area (Å²) in [6.45, 7) is -0.00765. The number of carbonyl (C=O) groups excluding carboxylic acids is 2. The lowest BCUT2D eigenvalue weighted by molar-refractivity contribution is -0.145. The van der Waals surface area contributed by atoms with Crippen LogP contribution in [0.3, 0.4) is 0 Å². The standard InChI is InChI=1S/C11H20N4O3/c1-14(2)8(16)7-15(3)10(17)11(5-4-6-11)9(12)13-18/h18H,4-7H2,1-3H3,(H2,12,13). The summed E-state index contributed by atoms with van der Waals surface area (Å²) in [5.74, 6) is -0.498. The number of nitrogens with zero attached hydrogens (tertiary/aromatic N) is 3. The first-order valence-corrected chi connectivity index (χ1v) is 5.79. The highest BCUT2D eigenvalue weighted by Crippen LogP contribution is 2.42. The van der Waals surface area contributed by atoms with Gasteiger partial charge in [0, 0.05) is 21.1 Å². The van der Waals surface area contributed by atoms with E-state index >= 15 is 0 Å². The molecule has 0 radical (unpaired) electrons. The van der Waals surface area contributed by atoms with Crippen LogP contribution in [0.4, 0.5) is 0 Å². The van der Waals surface area contributed by atoms with E-state index in [1.807, 2.05) is 0 Å². The van der Waals surface area contributed by atoms with Gasteiger partial charge in [-0.2, -0.15) is 0 Å². The van der Waals surface area contributed by atoms with Crippen LogP contribution in [0, 0.1) is 5.41 Å². The van der Waals surface area contributed by atoms with E-state index in [-0.39, 0.29) is 24.2 Å². The van der Waals surface area contributed by atoms with Gasteiger partial charge in [-0.1, -0.05) is 11.6 Å². The Bertz CT molecular complexity index is 374. The molecule has 1 rings (SSSR count). The van der Waals surface area contributed by atoms with Gasteiger partial charge in [-0.05, 0) is 12.8 Å². The van der Waals surface area contributed by atoms with E-state index in [1.165, 1.54) is 9.80 Å². The fourth-order valence-corrected chi connectivity index (χ4v) is 1.99. The molecule has 0 saturated heterocycles. The van der Waals surface area contributed by atoms with Crippen molar-refractivity contribution in [3.8, 4) is 0 Å². The van der Waals surface area contributed by atoms with Crippen LogP contribution in [0.2, 0.25) is 0 Å². The van der Waals surface area contributed by atoms with Crippen LogP contribution in [0.5, 0.6) is 0 Å². The van der Waals surface area contributed by atoms with Crippen LogP contribution in [-0.2, 0) is 9.59 Å². The van der Waals surface area contributed by atoms with Crippen LogP contribution in [-0.4, -0.2) is 60.3 Å². The third kappa shape index (κ3) is 2.39. The molecular weight excluding hydrogens is 236 g/mol. The zero-order valence-corrected chi connectivity index (χ0v) is 11.0. The summed E-state index contributed by atoms with van der Waals surface area (Å²) in [7, 11) is 4.81. The summed E-state index contributed by atoms with van der Waals surface area (Å²) in [6, 6.07) is 0. The Morgan fingerprint density at radius 1 is 1.33 bits per heavy atom. The third-order valence-electron chi connectivity index (χ3n) is 3.43. The SMILES string of the molecule is CN(C)C(=O)CN(C)C(=O)C1(C(N)=NO)CCC1. The number of amides is 2. The number of rotatable bonds is 4. The summed E-state index contributed by atoms with van der Waals surface area (Å²) in [4.78, 5) is 26.6. The van der Waals surface area contributed by atoms with Crippen molar-refractivity contribution in [3.05, 3.63) is 0 Å². The predicted octanol–water partition coefficient (Wildman–Crippen LogP) is -0.550. The summed E-state index contributed by atoms with van der Waals surface area (Å²) >= 11 is 0. The molecule has 0 aromatic carbocycles. The molecule has 0 spiro atoms. The summed E-state index contributed by atoms with van der Waals surface area (Å²) in [6.07, 6.45) is 1.97. The summed E-state index contributed by atoms with van der Waals surface area (Å²) < 4.78 is 0. The van der Waals surface area contributed by atoms with Gasteiger partial charge in [0.05, 0.1) is 6.54 Å². The maximum Gasteiger partial charge on any atom is 0.241 e. The Kier molecular flexibility index (Phi) is 4.15. The maximum absolute atomic E-state index is 12.3. The molecule has 1 aliphatic rings. The molecule has 0 aromatic rings. The Balaban J connectivity index is 2.77. The molecule has 0 heterocycles. The molecule has 1 fully saturated rings. The minimum atomic E-state index is -0.921. The number of hydrogen-bond acceptors (Lipinski definition) is 4. The number of nitrogens with two attached hydrogens (primary N) is 1. The topological polar surface area (TPSA) is 99.2 Å². The van der Waals surface area contributed by atoms with Crippen molar-refractivity contribution in [2.75, 3.05) is 27.7 Å². The largest absolute Gasteiger partial charge is 0.409 e. The molecule has 3 N–H and O–H groups in total. The van der Waals surface area contributed by atoms with Gasteiger partial charge in [-0.3, -0.25) is 9.59 Å². The number of likely N-dealkylation sites (N-methyl/N-ethyl adjacent to an activating group) is 2. The Labute approximate surface area is 106 Å². The highest BCUT2D eigenvalue weighted by atomic mass is 16.4. The van der Waals surface area contributed by atoms with Crippen molar-refractivity contribution < 1.29 is 14.8 Å². The second-order valence-corrected chi connectivity index (χ2v) is 4.87. The van der Waals surface area contributed by atoms with E-state index in [2.05, 4.69) is 5.16 Å². The van der Waals surface area contributed by atoms with E-state index in [4.69, 9.17) is 10.9 Å². The Morgan fingerprint density at radius 2 is 1.89 bits per heavy atom. The van der Waals surface area contributed by atoms with Gasteiger partial charge in [0.2, 0.25) is 11.8 Å². The smallest absolute Gasteiger partial charge is 0.241 e. The van der Waals surface area contributed by atoms with Crippen molar-refractivity contribution in [1.29, 1.82) is 0 Å². The average Bonchev–Trinajstić information content (AvgIpc) is 2.26. The Hall–Kier alpha value is -1.79. The monoisotopic (exact) mass is 256 g/mol. The van der Waals surface area contributed by atoms with Crippen molar-refractivity contribution in [2.24, 2.45) is 16.3 Å². The minimum Gasteiger partial charge on any atom is -0.409 e. The first kappa shape index (κ1) is 14.3. The zero-order chi connectivity index (χ0) is 13.9. The van der Waals surface area contributed by atoms with Crippen LogP contribution >= 0.6 is 0 Å². The molecule has 1 aliphatic carbocycles. The summed E-state index contributed by atoms with van der Waals surface area (Å²) in [5.41, 5.74) is 4.68. The van der Waals surface area contributed by atoms with Gasteiger partial charge in [-0.25, -0.2) is 0 Å². The van der Waals surface area contributed by atoms with Gasteiger partial charge >= 0.3 is 0 Å². The lowest BCUT2D eigenvalue weighted by atomic mass is 9.67. The van der Waals surface area contributed by atoms with Crippen LogP contribution in [0.25, 0.3) is 0 Å². The van der Waals surface area contributed by atoms with E-state index in [1.54, 1.807) is 21.1 Å². The van der Waals surface area contributed by atoms with Crippen LogP contribution < -0.4 is 5.73 Å². The first-order chi connectivity index (χ1) is 8.35. The zero-order valence-electron chi connectivity index (χ0n) is 11.0. The van der Waals surface area contributed by atoms with Crippen molar-refractivity contribution in [1.82, 2.24) is 9.80 Å². The molecule has 7 heteroatoms. The molecule has 0 atom stereocenters. The van der Waals surface area contributed by atoms with Gasteiger partial charge < -0.3 is 20.7 Å². The van der Waals surface area contributed by atoms with Crippen LogP contribution in [0.15, 0.2) is 5.16 Å². The molecule has 1 saturated carbocycles. The molecule has 102 valence electrons. The molecule has 0 bridgehead atoms. The quantitative estimate of drug-likeness (QED) is 0.305. The second-order valence-electron chi connectivity index (χ2n) is 4.87. The number of carbonyl (C=O) groups is 2. The third-order valence-corrected chi connectivity index (χ3v) is 3.43. The fraction of sp³-hybridized carbons (Fsp3) is 0.727. The average molecular weight is 256 g/mol. The first-order valence-electron chi connectivity index (χ1n) is 5.79. The van der Waals surface area contributed by atoms with E-state index < -0.39 is 5.41 Å². The fourth-order valence-electron chi connectivity index (χ4n) is 1.99. The number of hydrogen-bond donors (Lipinski definition) is 2. The molecule has 0 unspecified atom stereocenters. The predicted molar refractivity (Wildman–Crippen MR) is 66.0 cm³/mol. The molecule has 0 aliphatic heterocycles. The van der Waals surface area contributed by atoms with Gasteiger partial charge in [0.1, 0.15) is 5.41 Å². The highest BCUT2D eigenvalue weighted by Gasteiger charge is 2.49. The second kappa shape index (κ2) is 5.24. The minimum absolute atomic E-state index is 0.00765. The van der Waals surface area contributed by atoms with Crippen molar-refractivity contribution in [3.63, 3.8) is 0 Å². The van der Waals surface area contributed by atoms with Gasteiger partial charge in [0.15, 0.2) is 5.84 Å². The maximum atomic E-state index is 12.3. The van der Waals surface area contributed by atoms with Crippen LogP contribution in [0.1, 0.15) is 19.3 Å². The van der Waals surface area contributed by atoms with Crippen molar-refractivity contribution >= 4 is 17.6 Å². The number of oxime groups is 1.